The molecule has 29 heavy (non-hydrogen) atoms. The number of rotatable bonds is 4. The van der Waals surface area contributed by atoms with Crippen molar-refractivity contribution in [2.45, 2.75) is 6.54 Å². The molecule has 6 nitrogen and oxygen atoms in total. The van der Waals surface area contributed by atoms with Crippen molar-refractivity contribution in [3.8, 4) is 6.07 Å². The monoisotopic (exact) mass is 385 g/mol. The van der Waals surface area contributed by atoms with E-state index in [0.29, 0.717) is 11.2 Å². The van der Waals surface area contributed by atoms with Gasteiger partial charge in [0.05, 0.1) is 16.9 Å². The summed E-state index contributed by atoms with van der Waals surface area (Å²) in [5.74, 6) is 0. The third-order valence-corrected chi connectivity index (χ3v) is 5.49. The fraction of sp³-hybridized carbons (Fsp3) is 0.261. The summed E-state index contributed by atoms with van der Waals surface area (Å²) in [7, 11) is 1.68. The van der Waals surface area contributed by atoms with Crippen LogP contribution < -0.4 is 10.5 Å². The lowest BCUT2D eigenvalue weighted by atomic mass is 10.1. The van der Waals surface area contributed by atoms with E-state index in [1.165, 1.54) is 10.1 Å². The van der Waals surface area contributed by atoms with Crippen molar-refractivity contribution in [2.24, 2.45) is 7.05 Å². The fourth-order valence-electron chi connectivity index (χ4n) is 3.90. The maximum atomic E-state index is 12.8. The maximum absolute atomic E-state index is 12.8. The van der Waals surface area contributed by atoms with Crippen molar-refractivity contribution in [3.63, 3.8) is 0 Å². The van der Waals surface area contributed by atoms with E-state index in [2.05, 4.69) is 51.7 Å². The van der Waals surface area contributed by atoms with Gasteiger partial charge in [-0.1, -0.05) is 36.9 Å². The third-order valence-electron chi connectivity index (χ3n) is 5.49. The average molecular weight is 385 g/mol. The Balaban J connectivity index is 1.69. The Kier molecular flexibility index (Phi) is 5.15. The quantitative estimate of drug-likeness (QED) is 0.691. The van der Waals surface area contributed by atoms with Crippen LogP contribution in [0.3, 0.4) is 0 Å². The largest absolute Gasteiger partial charge is 0.366 e. The van der Waals surface area contributed by atoms with Gasteiger partial charge in [0.25, 0.3) is 5.56 Å². The number of aryl methyl sites for hydroxylation is 1. The number of nitrogens with zero attached hydrogens (tertiary/aromatic N) is 5. The zero-order chi connectivity index (χ0) is 20.4. The van der Waals surface area contributed by atoms with Crippen LogP contribution in [-0.4, -0.2) is 40.6 Å². The van der Waals surface area contributed by atoms with Gasteiger partial charge in [0.1, 0.15) is 17.1 Å². The predicted molar refractivity (Wildman–Crippen MR) is 116 cm³/mol. The van der Waals surface area contributed by atoms with Crippen LogP contribution in [0.25, 0.3) is 17.1 Å². The molecule has 0 unspecified atom stereocenters. The van der Waals surface area contributed by atoms with Crippen LogP contribution in [0.4, 0.5) is 5.69 Å². The summed E-state index contributed by atoms with van der Waals surface area (Å²) < 4.78 is 1.50. The minimum absolute atomic E-state index is 0.158. The standard InChI is InChI=1S/C23H23N5O/c1-3-18-9-10-20-21(25-18)22(19(15-24)23(29)26(20)2)28-13-11-27(12-14-28)16-17-7-5-4-6-8-17/h3-10H,1,11-14,16H2,2H3. The zero-order valence-corrected chi connectivity index (χ0v) is 16.5. The third kappa shape index (κ3) is 3.53. The molecule has 6 heteroatoms. The Bertz CT molecular complexity index is 1150. The second kappa shape index (κ2) is 7.90. The summed E-state index contributed by atoms with van der Waals surface area (Å²) in [6, 6.07) is 16.2. The first-order chi connectivity index (χ1) is 14.1. The van der Waals surface area contributed by atoms with Crippen molar-refractivity contribution >= 4 is 22.8 Å². The van der Waals surface area contributed by atoms with E-state index in [1.54, 1.807) is 13.1 Å². The molecule has 3 aromatic rings. The summed E-state index contributed by atoms with van der Waals surface area (Å²) in [6.07, 6.45) is 1.68. The molecule has 1 fully saturated rings. The molecule has 1 aromatic carbocycles. The van der Waals surface area contributed by atoms with Gasteiger partial charge in [-0.2, -0.15) is 5.26 Å². The van der Waals surface area contributed by atoms with Gasteiger partial charge in [-0.05, 0) is 23.8 Å². The first-order valence-corrected chi connectivity index (χ1v) is 9.70. The van der Waals surface area contributed by atoms with Crippen molar-refractivity contribution in [2.75, 3.05) is 31.1 Å². The predicted octanol–water partition coefficient (Wildman–Crippen LogP) is 2.77. The Morgan fingerprint density at radius 3 is 2.52 bits per heavy atom. The molecule has 146 valence electrons. The van der Waals surface area contributed by atoms with Crippen molar-refractivity contribution in [1.82, 2.24) is 14.5 Å². The number of aromatic nitrogens is 2. The minimum Gasteiger partial charge on any atom is -0.366 e. The lowest BCUT2D eigenvalue weighted by molar-refractivity contribution is 0.250. The average Bonchev–Trinajstić information content (AvgIpc) is 2.77. The van der Waals surface area contributed by atoms with E-state index in [0.717, 1.165) is 43.9 Å². The molecule has 0 N–H and O–H groups in total. The van der Waals surface area contributed by atoms with E-state index in [9.17, 15) is 10.1 Å². The molecule has 1 aliphatic rings. The first kappa shape index (κ1) is 18.9. The Labute approximate surface area is 169 Å². The van der Waals surface area contributed by atoms with Gasteiger partial charge in [0, 0.05) is 39.8 Å². The molecule has 1 aliphatic heterocycles. The SMILES string of the molecule is C=Cc1ccc2c(n1)c(N1CCN(Cc3ccccc3)CC1)c(C#N)c(=O)n2C. The van der Waals surface area contributed by atoms with E-state index in [1.807, 2.05) is 18.2 Å². The van der Waals surface area contributed by atoms with Crippen LogP contribution in [0, 0.1) is 11.3 Å². The van der Waals surface area contributed by atoms with Crippen molar-refractivity contribution < 1.29 is 0 Å². The topological polar surface area (TPSA) is 65.2 Å². The molecule has 0 amide bonds. The summed E-state index contributed by atoms with van der Waals surface area (Å²) in [5, 5.41) is 9.74. The Morgan fingerprint density at radius 2 is 1.86 bits per heavy atom. The molecular weight excluding hydrogens is 362 g/mol. The maximum Gasteiger partial charge on any atom is 0.270 e. The van der Waals surface area contributed by atoms with Gasteiger partial charge >= 0.3 is 0 Å². The molecule has 2 aromatic heterocycles. The van der Waals surface area contributed by atoms with Gasteiger partial charge in [-0.3, -0.25) is 9.69 Å². The molecule has 0 saturated carbocycles. The number of hydrogen-bond acceptors (Lipinski definition) is 5. The van der Waals surface area contributed by atoms with Crippen molar-refractivity contribution in [3.05, 3.63) is 76.2 Å². The lowest BCUT2D eigenvalue weighted by Gasteiger charge is -2.36. The molecule has 0 radical (unpaired) electrons. The number of hydrogen-bond donors (Lipinski definition) is 0. The summed E-state index contributed by atoms with van der Waals surface area (Å²) in [6.45, 7) is 7.89. The number of pyridine rings is 2. The molecule has 1 saturated heterocycles. The van der Waals surface area contributed by atoms with Crippen LogP contribution in [0.15, 0.2) is 53.8 Å². The molecule has 0 aliphatic carbocycles. The van der Waals surface area contributed by atoms with Crippen molar-refractivity contribution in [1.29, 1.82) is 5.26 Å². The molecule has 0 spiro atoms. The zero-order valence-electron chi connectivity index (χ0n) is 16.5. The van der Waals surface area contributed by atoms with E-state index in [-0.39, 0.29) is 11.1 Å². The fourth-order valence-corrected chi connectivity index (χ4v) is 3.90. The van der Waals surface area contributed by atoms with E-state index >= 15 is 0 Å². The molecule has 3 heterocycles. The van der Waals surface area contributed by atoms with Crippen LogP contribution in [0.5, 0.6) is 0 Å². The van der Waals surface area contributed by atoms with Gasteiger partial charge < -0.3 is 9.47 Å². The van der Waals surface area contributed by atoms with Crippen LogP contribution >= 0.6 is 0 Å². The second-order valence-corrected chi connectivity index (χ2v) is 7.26. The minimum atomic E-state index is -0.283. The molecular formula is C23H23N5O. The van der Waals surface area contributed by atoms with Gasteiger partial charge in [-0.25, -0.2) is 4.98 Å². The van der Waals surface area contributed by atoms with E-state index < -0.39 is 0 Å². The number of nitriles is 1. The number of anilines is 1. The molecule has 4 rings (SSSR count). The highest BCUT2D eigenvalue weighted by molar-refractivity contribution is 5.92. The van der Waals surface area contributed by atoms with Gasteiger partial charge in [0.15, 0.2) is 0 Å². The number of benzene rings is 1. The number of piperazine rings is 1. The van der Waals surface area contributed by atoms with E-state index in [4.69, 9.17) is 0 Å². The molecule has 0 atom stereocenters. The lowest BCUT2D eigenvalue weighted by Crippen LogP contribution is -2.47. The van der Waals surface area contributed by atoms with Crippen LogP contribution in [-0.2, 0) is 13.6 Å². The highest BCUT2D eigenvalue weighted by Crippen LogP contribution is 2.28. The number of fused-ring (bicyclic) bond motifs is 1. The van der Waals surface area contributed by atoms with Gasteiger partial charge in [0.2, 0.25) is 0 Å². The molecule has 0 bridgehead atoms. The first-order valence-electron chi connectivity index (χ1n) is 9.70. The summed E-state index contributed by atoms with van der Waals surface area (Å²) >= 11 is 0. The smallest absolute Gasteiger partial charge is 0.270 e. The summed E-state index contributed by atoms with van der Waals surface area (Å²) in [5.41, 5.74) is 3.94. The Morgan fingerprint density at radius 1 is 1.14 bits per heavy atom. The van der Waals surface area contributed by atoms with Crippen LogP contribution in [0.1, 0.15) is 16.8 Å². The highest BCUT2D eigenvalue weighted by atomic mass is 16.1. The van der Waals surface area contributed by atoms with Crippen LogP contribution in [0.2, 0.25) is 0 Å². The normalized spacial score (nSPS) is 14.7. The highest BCUT2D eigenvalue weighted by Gasteiger charge is 2.25. The second-order valence-electron chi connectivity index (χ2n) is 7.26. The van der Waals surface area contributed by atoms with Gasteiger partial charge in [-0.15, -0.1) is 0 Å². The summed E-state index contributed by atoms with van der Waals surface area (Å²) in [4.78, 5) is 22.0. The Hall–Kier alpha value is -3.43.